The summed E-state index contributed by atoms with van der Waals surface area (Å²) in [5, 5.41) is 14.3. The van der Waals surface area contributed by atoms with Crippen LogP contribution in [0.5, 0.6) is 0 Å². The molecule has 2 rings (SSSR count). The molecule has 9 heteroatoms. The van der Waals surface area contributed by atoms with Gasteiger partial charge in [0.15, 0.2) is 0 Å². The van der Waals surface area contributed by atoms with Crippen molar-refractivity contribution < 1.29 is 4.92 Å². The molecule has 3 N–H and O–H groups in total. The average Bonchev–Trinajstić information content (AvgIpc) is 2.42. The third-order valence-electron chi connectivity index (χ3n) is 2.32. The lowest BCUT2D eigenvalue weighted by Crippen LogP contribution is -2.24. The van der Waals surface area contributed by atoms with Gasteiger partial charge < -0.3 is 4.98 Å². The largest absolute Gasteiger partial charge is 0.325 e. The first-order valence-corrected chi connectivity index (χ1v) is 5.42. The van der Waals surface area contributed by atoms with Gasteiger partial charge in [-0.2, -0.15) is 5.10 Å². The molecular formula is C11H9N5O4. The second kappa shape index (κ2) is 5.61. The van der Waals surface area contributed by atoms with E-state index in [0.717, 1.165) is 0 Å². The Morgan fingerprint density at radius 1 is 1.25 bits per heavy atom. The Morgan fingerprint density at radius 3 is 2.55 bits per heavy atom. The summed E-state index contributed by atoms with van der Waals surface area (Å²) in [4.78, 5) is 36.4. The summed E-state index contributed by atoms with van der Waals surface area (Å²) in [7, 11) is 0. The van der Waals surface area contributed by atoms with Crippen LogP contribution in [0.2, 0.25) is 0 Å². The highest BCUT2D eigenvalue weighted by molar-refractivity contribution is 5.79. The van der Waals surface area contributed by atoms with Crippen LogP contribution in [-0.2, 0) is 0 Å². The fourth-order valence-electron chi connectivity index (χ4n) is 1.35. The number of nitro groups is 1. The van der Waals surface area contributed by atoms with E-state index in [1.54, 1.807) is 0 Å². The lowest BCUT2D eigenvalue weighted by Gasteiger charge is -1.98. The first-order chi connectivity index (χ1) is 9.56. The molecule has 1 heterocycles. The SMILES string of the molecule is O=c1[nH]cc(C=NNc2ccc([N+](=O)[O-])cc2)c(=O)[nH]1. The monoisotopic (exact) mass is 275 g/mol. The maximum absolute atomic E-state index is 11.3. The number of nitrogens with one attached hydrogen (secondary N) is 3. The molecule has 20 heavy (non-hydrogen) atoms. The lowest BCUT2D eigenvalue weighted by atomic mass is 10.3. The molecular weight excluding hydrogens is 266 g/mol. The summed E-state index contributed by atoms with van der Waals surface area (Å²) in [5.41, 5.74) is 2.09. The molecule has 9 nitrogen and oxygen atoms in total. The van der Waals surface area contributed by atoms with Crippen molar-refractivity contribution in [2.24, 2.45) is 5.10 Å². The summed E-state index contributed by atoms with van der Waals surface area (Å²) in [6.07, 6.45) is 2.44. The quantitative estimate of drug-likeness (QED) is 0.422. The van der Waals surface area contributed by atoms with Gasteiger partial charge in [-0.25, -0.2) is 4.79 Å². The molecule has 0 aliphatic heterocycles. The Balaban J connectivity index is 2.08. The van der Waals surface area contributed by atoms with Gasteiger partial charge in [0.05, 0.1) is 22.4 Å². The third-order valence-corrected chi connectivity index (χ3v) is 2.32. The molecule has 0 aliphatic rings. The zero-order valence-corrected chi connectivity index (χ0v) is 9.99. The number of hydrogen-bond donors (Lipinski definition) is 3. The molecule has 0 saturated heterocycles. The van der Waals surface area contributed by atoms with Crippen LogP contribution in [0.25, 0.3) is 0 Å². The number of hydrogen-bond acceptors (Lipinski definition) is 6. The minimum absolute atomic E-state index is 0.0309. The van der Waals surface area contributed by atoms with E-state index in [1.165, 1.54) is 36.7 Å². The topological polar surface area (TPSA) is 133 Å². The van der Waals surface area contributed by atoms with E-state index in [9.17, 15) is 19.7 Å². The molecule has 2 aromatic rings. The number of nitro benzene ring substituents is 1. The number of aromatic nitrogens is 2. The minimum atomic E-state index is -0.601. The van der Waals surface area contributed by atoms with Crippen molar-refractivity contribution in [1.29, 1.82) is 0 Å². The average molecular weight is 275 g/mol. The van der Waals surface area contributed by atoms with Crippen LogP contribution in [0.4, 0.5) is 11.4 Å². The van der Waals surface area contributed by atoms with Gasteiger partial charge in [0.25, 0.3) is 11.2 Å². The van der Waals surface area contributed by atoms with Crippen molar-refractivity contribution in [3.8, 4) is 0 Å². The molecule has 0 unspecified atom stereocenters. The Kier molecular flexibility index (Phi) is 3.70. The van der Waals surface area contributed by atoms with Crippen LogP contribution in [0.1, 0.15) is 5.56 Å². The molecule has 0 aliphatic carbocycles. The van der Waals surface area contributed by atoms with E-state index < -0.39 is 16.2 Å². The van der Waals surface area contributed by atoms with Gasteiger partial charge in [-0.1, -0.05) is 0 Å². The van der Waals surface area contributed by atoms with Gasteiger partial charge in [-0.05, 0) is 12.1 Å². The molecule has 102 valence electrons. The number of benzene rings is 1. The van der Waals surface area contributed by atoms with Crippen molar-refractivity contribution in [1.82, 2.24) is 9.97 Å². The van der Waals surface area contributed by atoms with Crippen LogP contribution in [0.15, 0.2) is 45.2 Å². The number of H-pyrrole nitrogens is 2. The van der Waals surface area contributed by atoms with Crippen molar-refractivity contribution in [2.75, 3.05) is 5.43 Å². The van der Waals surface area contributed by atoms with E-state index in [0.29, 0.717) is 5.69 Å². The van der Waals surface area contributed by atoms with E-state index in [-0.39, 0.29) is 11.3 Å². The summed E-state index contributed by atoms with van der Waals surface area (Å²) >= 11 is 0. The maximum atomic E-state index is 11.3. The van der Waals surface area contributed by atoms with Crippen molar-refractivity contribution in [2.45, 2.75) is 0 Å². The minimum Gasteiger partial charge on any atom is -0.313 e. The van der Waals surface area contributed by atoms with E-state index >= 15 is 0 Å². The van der Waals surface area contributed by atoms with Crippen molar-refractivity contribution in [3.05, 3.63) is 67.0 Å². The molecule has 0 radical (unpaired) electrons. The standard InChI is InChI=1S/C11H9N5O4/c17-10-7(5-12-11(18)14-10)6-13-15-8-1-3-9(4-2-8)16(19)20/h1-6,15H,(H2,12,14,17,18). The number of non-ortho nitro benzene ring substituents is 1. The first-order valence-electron chi connectivity index (χ1n) is 5.42. The highest BCUT2D eigenvalue weighted by atomic mass is 16.6. The van der Waals surface area contributed by atoms with Crippen LogP contribution in [0, 0.1) is 10.1 Å². The summed E-state index contributed by atoms with van der Waals surface area (Å²) in [6, 6.07) is 5.61. The number of rotatable bonds is 4. The lowest BCUT2D eigenvalue weighted by molar-refractivity contribution is -0.384. The Bertz CT molecular complexity index is 759. The van der Waals surface area contributed by atoms with Gasteiger partial charge >= 0.3 is 5.69 Å². The van der Waals surface area contributed by atoms with Gasteiger partial charge in [0.1, 0.15) is 0 Å². The maximum Gasteiger partial charge on any atom is 0.325 e. The first kappa shape index (κ1) is 13.2. The van der Waals surface area contributed by atoms with Crippen LogP contribution in [0.3, 0.4) is 0 Å². The summed E-state index contributed by atoms with van der Waals surface area (Å²) < 4.78 is 0. The number of hydrazone groups is 1. The Hall–Kier alpha value is -3.23. The Morgan fingerprint density at radius 2 is 1.95 bits per heavy atom. The molecule has 0 spiro atoms. The zero-order chi connectivity index (χ0) is 14.5. The number of aromatic amines is 2. The molecule has 0 bridgehead atoms. The molecule has 0 atom stereocenters. The van der Waals surface area contributed by atoms with E-state index in [4.69, 9.17) is 0 Å². The highest BCUT2D eigenvalue weighted by Gasteiger charge is 2.03. The molecule has 0 fully saturated rings. The van der Waals surface area contributed by atoms with Gasteiger partial charge in [-0.3, -0.25) is 25.3 Å². The molecule has 0 amide bonds. The Labute approximate surface area is 111 Å². The molecule has 1 aromatic carbocycles. The molecule has 1 aromatic heterocycles. The second-order valence-corrected chi connectivity index (χ2v) is 3.70. The smallest absolute Gasteiger partial charge is 0.313 e. The fraction of sp³-hybridized carbons (Fsp3) is 0. The van der Waals surface area contributed by atoms with E-state index in [1.807, 2.05) is 4.98 Å². The van der Waals surface area contributed by atoms with Gasteiger partial charge in [0.2, 0.25) is 0 Å². The highest BCUT2D eigenvalue weighted by Crippen LogP contribution is 2.14. The van der Waals surface area contributed by atoms with Crippen LogP contribution >= 0.6 is 0 Å². The second-order valence-electron chi connectivity index (χ2n) is 3.70. The van der Waals surface area contributed by atoms with Crippen molar-refractivity contribution >= 4 is 17.6 Å². The fourth-order valence-corrected chi connectivity index (χ4v) is 1.35. The van der Waals surface area contributed by atoms with Gasteiger partial charge in [-0.15, -0.1) is 0 Å². The predicted octanol–water partition coefficient (Wildman–Crippen LogP) is 0.417. The van der Waals surface area contributed by atoms with Gasteiger partial charge in [0, 0.05) is 18.3 Å². The van der Waals surface area contributed by atoms with Crippen molar-refractivity contribution in [3.63, 3.8) is 0 Å². The van der Waals surface area contributed by atoms with Crippen LogP contribution in [-0.4, -0.2) is 21.1 Å². The normalized spacial score (nSPS) is 10.6. The number of anilines is 1. The summed E-state index contributed by atoms with van der Waals surface area (Å²) in [6.45, 7) is 0. The van der Waals surface area contributed by atoms with E-state index in [2.05, 4.69) is 15.5 Å². The molecule has 0 saturated carbocycles. The zero-order valence-electron chi connectivity index (χ0n) is 9.99. The summed E-state index contributed by atoms with van der Waals surface area (Å²) in [5.74, 6) is 0. The van der Waals surface area contributed by atoms with Crippen LogP contribution < -0.4 is 16.7 Å². The third kappa shape index (κ3) is 3.16. The predicted molar refractivity (Wildman–Crippen MR) is 72.0 cm³/mol. The number of nitrogens with zero attached hydrogens (tertiary/aromatic N) is 2.